The number of hydrogen-bond donors (Lipinski definition) is 0. The molecule has 1 amide bonds. The second-order valence-electron chi connectivity index (χ2n) is 8.05. The van der Waals surface area contributed by atoms with Gasteiger partial charge in [-0.05, 0) is 37.3 Å². The van der Waals surface area contributed by atoms with Gasteiger partial charge >= 0.3 is 6.18 Å². The summed E-state index contributed by atoms with van der Waals surface area (Å²) in [6.07, 6.45) is 1.45. The van der Waals surface area contributed by atoms with E-state index in [2.05, 4.69) is 20.2 Å². The number of alkyl halides is 3. The van der Waals surface area contributed by atoms with Crippen molar-refractivity contribution in [1.82, 2.24) is 29.9 Å². The molecule has 1 aromatic carbocycles. The molecule has 172 valence electrons. The summed E-state index contributed by atoms with van der Waals surface area (Å²) >= 11 is 0. The molecule has 3 aromatic rings. The lowest BCUT2D eigenvalue weighted by atomic mass is 9.77. The summed E-state index contributed by atoms with van der Waals surface area (Å²) in [5.41, 5.74) is -1.03. The number of ether oxygens (including phenoxy) is 1. The zero-order valence-electron chi connectivity index (χ0n) is 17.1. The molecule has 6 rings (SSSR count). The van der Waals surface area contributed by atoms with E-state index in [-0.39, 0.29) is 35.0 Å². The Morgan fingerprint density at radius 1 is 1.09 bits per heavy atom. The highest BCUT2D eigenvalue weighted by Crippen LogP contribution is 2.38. The van der Waals surface area contributed by atoms with Gasteiger partial charge in [-0.3, -0.25) is 4.79 Å². The molecule has 0 unspecified atom stereocenters. The molecule has 2 aliphatic heterocycles. The summed E-state index contributed by atoms with van der Waals surface area (Å²) in [5.74, 6) is -0.915. The molecule has 3 atom stereocenters. The fourth-order valence-corrected chi connectivity index (χ4v) is 4.55. The summed E-state index contributed by atoms with van der Waals surface area (Å²) in [7, 11) is 0. The smallest absolute Gasteiger partial charge is 0.434 e. The zero-order chi connectivity index (χ0) is 23.2. The Labute approximate surface area is 185 Å². The van der Waals surface area contributed by atoms with Gasteiger partial charge in [0.1, 0.15) is 11.8 Å². The summed E-state index contributed by atoms with van der Waals surface area (Å²) in [6.45, 7) is 0.477. The van der Waals surface area contributed by atoms with E-state index in [4.69, 9.17) is 4.74 Å². The van der Waals surface area contributed by atoms with Crippen molar-refractivity contribution in [2.75, 3.05) is 6.54 Å². The predicted molar refractivity (Wildman–Crippen MR) is 105 cm³/mol. The molecule has 3 fully saturated rings. The minimum atomic E-state index is -4.59. The van der Waals surface area contributed by atoms with Crippen molar-refractivity contribution in [3.05, 3.63) is 60.1 Å². The topological polar surface area (TPSA) is 86.0 Å². The van der Waals surface area contributed by atoms with E-state index < -0.39 is 23.8 Å². The Morgan fingerprint density at radius 3 is 2.55 bits per heavy atom. The summed E-state index contributed by atoms with van der Waals surface area (Å²) in [4.78, 5) is 23.3. The van der Waals surface area contributed by atoms with Crippen LogP contribution in [-0.2, 0) is 6.18 Å². The van der Waals surface area contributed by atoms with Gasteiger partial charge < -0.3 is 9.64 Å². The molecule has 2 bridgehead atoms. The van der Waals surface area contributed by atoms with Gasteiger partial charge in [0.15, 0.2) is 11.5 Å². The van der Waals surface area contributed by atoms with E-state index in [1.54, 1.807) is 4.90 Å². The number of hydrogen-bond acceptors (Lipinski definition) is 6. The average Bonchev–Trinajstić information content (AvgIpc) is 3.33. The lowest BCUT2D eigenvalue weighted by molar-refractivity contribution is -0.141. The van der Waals surface area contributed by atoms with Gasteiger partial charge in [-0.25, -0.2) is 14.4 Å². The van der Waals surface area contributed by atoms with Crippen LogP contribution in [0.25, 0.3) is 5.69 Å². The highest BCUT2D eigenvalue weighted by Gasteiger charge is 2.45. The third kappa shape index (κ3) is 4.00. The van der Waals surface area contributed by atoms with Gasteiger partial charge in [-0.2, -0.15) is 23.4 Å². The first-order valence-corrected chi connectivity index (χ1v) is 10.3. The number of fused-ring (bicyclic) bond motifs is 3. The van der Waals surface area contributed by atoms with Crippen LogP contribution in [0, 0.1) is 11.7 Å². The van der Waals surface area contributed by atoms with Gasteiger partial charge in [0.25, 0.3) is 5.91 Å². The number of carbonyl (C=O) groups is 1. The number of para-hydroxylation sites is 1. The van der Waals surface area contributed by atoms with Crippen molar-refractivity contribution in [3.63, 3.8) is 0 Å². The van der Waals surface area contributed by atoms with Crippen LogP contribution < -0.4 is 4.74 Å². The zero-order valence-corrected chi connectivity index (χ0v) is 17.1. The minimum absolute atomic E-state index is 0.0415. The fraction of sp³-hybridized carbons (Fsp3) is 0.381. The van der Waals surface area contributed by atoms with E-state index in [1.807, 2.05) is 0 Å². The Morgan fingerprint density at radius 2 is 1.88 bits per heavy atom. The molecule has 4 heterocycles. The average molecular weight is 462 g/mol. The van der Waals surface area contributed by atoms with Gasteiger partial charge in [0.2, 0.25) is 5.88 Å². The van der Waals surface area contributed by atoms with Gasteiger partial charge in [0, 0.05) is 6.54 Å². The molecule has 0 N–H and O–H groups in total. The molecule has 0 radical (unpaired) electrons. The number of nitrogens with zero attached hydrogens (tertiary/aromatic N) is 6. The molecule has 33 heavy (non-hydrogen) atoms. The van der Waals surface area contributed by atoms with Crippen molar-refractivity contribution in [3.8, 4) is 11.6 Å². The number of carbonyl (C=O) groups excluding carboxylic acids is 1. The van der Waals surface area contributed by atoms with Crippen LogP contribution in [0.5, 0.6) is 5.88 Å². The Balaban J connectivity index is 1.40. The molecule has 12 heteroatoms. The first-order valence-electron chi connectivity index (χ1n) is 10.3. The Kier molecular flexibility index (Phi) is 5.22. The number of rotatable bonds is 4. The molecule has 2 aromatic heterocycles. The first-order chi connectivity index (χ1) is 15.8. The number of halogens is 4. The summed E-state index contributed by atoms with van der Waals surface area (Å²) in [5, 5.41) is 7.91. The summed E-state index contributed by atoms with van der Waals surface area (Å²) in [6, 6.07) is 3.86. The monoisotopic (exact) mass is 462 g/mol. The van der Waals surface area contributed by atoms with Crippen LogP contribution in [0.15, 0.2) is 43.0 Å². The maximum Gasteiger partial charge on any atom is 0.434 e. The van der Waals surface area contributed by atoms with E-state index in [0.29, 0.717) is 25.6 Å². The van der Waals surface area contributed by atoms with E-state index >= 15 is 0 Å². The van der Waals surface area contributed by atoms with E-state index in [9.17, 15) is 22.4 Å². The van der Waals surface area contributed by atoms with Crippen molar-refractivity contribution >= 4 is 5.91 Å². The molecule has 2 saturated heterocycles. The third-order valence-electron chi connectivity index (χ3n) is 6.01. The van der Waals surface area contributed by atoms with Crippen molar-refractivity contribution < 1.29 is 27.1 Å². The standard InChI is InChI=1S/C21H18F4N6O2/c22-14-3-1-2-13(19(14)31-28-6-7-29-31)20(32)30-11-12-4-5-15(30)16(8-12)33-18-10-26-17(9-27-18)21(23,24)25/h1-3,6-7,9-10,12,15-16H,4-5,8,11H2/t12-,15+,16-/m1/s1. The summed E-state index contributed by atoms with van der Waals surface area (Å²) < 4.78 is 58.7. The van der Waals surface area contributed by atoms with E-state index in [0.717, 1.165) is 17.4 Å². The molecule has 0 spiro atoms. The molecular weight excluding hydrogens is 444 g/mol. The lowest BCUT2D eigenvalue weighted by Gasteiger charge is -2.49. The second-order valence-corrected chi connectivity index (χ2v) is 8.05. The fourth-order valence-electron chi connectivity index (χ4n) is 4.55. The van der Waals surface area contributed by atoms with Crippen LogP contribution in [0.1, 0.15) is 35.3 Å². The number of amides is 1. The molecule has 1 saturated carbocycles. The lowest BCUT2D eigenvalue weighted by Crippen LogP contribution is -2.59. The Bertz CT molecular complexity index is 1150. The van der Waals surface area contributed by atoms with Gasteiger partial charge in [0.05, 0.1) is 36.4 Å². The molecule has 3 aliphatic rings. The minimum Gasteiger partial charge on any atom is -0.471 e. The van der Waals surface area contributed by atoms with Crippen LogP contribution in [0.4, 0.5) is 17.6 Å². The number of aromatic nitrogens is 5. The SMILES string of the molecule is O=C(c1cccc(F)c1-n1nccn1)N1C[C@@H]2CC[C@H]1[C@H](Oc1cnc(C(F)(F)F)cn1)C2. The third-order valence-corrected chi connectivity index (χ3v) is 6.01. The maximum absolute atomic E-state index is 14.6. The predicted octanol–water partition coefficient (Wildman–Crippen LogP) is 3.29. The van der Waals surface area contributed by atoms with Crippen LogP contribution in [0.2, 0.25) is 0 Å². The highest BCUT2D eigenvalue weighted by molar-refractivity contribution is 5.98. The molecule has 1 aliphatic carbocycles. The van der Waals surface area contributed by atoms with Gasteiger partial charge in [-0.15, -0.1) is 4.80 Å². The quantitative estimate of drug-likeness (QED) is 0.554. The van der Waals surface area contributed by atoms with Crippen molar-refractivity contribution in [2.45, 2.75) is 37.6 Å². The molecule has 8 nitrogen and oxygen atoms in total. The second kappa shape index (κ2) is 8.09. The van der Waals surface area contributed by atoms with Crippen molar-refractivity contribution in [1.29, 1.82) is 0 Å². The first kappa shape index (κ1) is 21.3. The van der Waals surface area contributed by atoms with Crippen molar-refractivity contribution in [2.24, 2.45) is 5.92 Å². The van der Waals surface area contributed by atoms with E-state index in [1.165, 1.54) is 30.6 Å². The molecular formula is C21H18F4N6O2. The Hall–Kier alpha value is -3.57. The van der Waals surface area contributed by atoms with Crippen LogP contribution in [-0.4, -0.2) is 54.5 Å². The number of piperidine rings is 2. The van der Waals surface area contributed by atoms with Gasteiger partial charge in [-0.1, -0.05) is 6.07 Å². The van der Waals surface area contributed by atoms with Crippen LogP contribution in [0.3, 0.4) is 0 Å². The highest BCUT2D eigenvalue weighted by atomic mass is 19.4. The number of benzene rings is 1. The maximum atomic E-state index is 14.6. The normalized spacial score (nSPS) is 22.4. The largest absolute Gasteiger partial charge is 0.471 e. The van der Waals surface area contributed by atoms with Crippen LogP contribution >= 0.6 is 0 Å².